The third-order valence-electron chi connectivity index (χ3n) is 3.78. The maximum Gasteiger partial charge on any atom is 0.194 e. The van der Waals surface area contributed by atoms with Gasteiger partial charge in [-0.25, -0.2) is 22.8 Å². The molecule has 0 saturated heterocycles. The number of benzene rings is 1. The normalized spacial score (nSPS) is 12.0. The lowest BCUT2D eigenvalue weighted by Crippen LogP contribution is -2.07. The van der Waals surface area contributed by atoms with Crippen molar-refractivity contribution in [2.45, 2.75) is 31.7 Å². The minimum absolute atomic E-state index is 0.00527. The molecule has 5 nitrogen and oxygen atoms in total. The van der Waals surface area contributed by atoms with Gasteiger partial charge in [0.15, 0.2) is 20.5 Å². The summed E-state index contributed by atoms with van der Waals surface area (Å²) in [6.07, 6.45) is 2.82. The summed E-state index contributed by atoms with van der Waals surface area (Å²) in [6, 6.07) is 7.98. The monoisotopic (exact) mass is 347 g/mol. The number of aryl methyl sites for hydroxylation is 2. The summed E-state index contributed by atoms with van der Waals surface area (Å²) in [5.74, 6) is -0.311. The van der Waals surface area contributed by atoms with Crippen molar-refractivity contribution in [3.05, 3.63) is 47.5 Å². The van der Waals surface area contributed by atoms with Crippen molar-refractivity contribution in [3.8, 4) is 5.69 Å². The van der Waals surface area contributed by atoms with E-state index in [0.29, 0.717) is 16.9 Å². The zero-order valence-electron chi connectivity index (χ0n) is 13.7. The summed E-state index contributed by atoms with van der Waals surface area (Å²) in [4.78, 5) is 8.78. The number of sulfone groups is 1. The molecule has 0 amide bonds. The zero-order valence-corrected chi connectivity index (χ0v) is 14.6. The van der Waals surface area contributed by atoms with Crippen LogP contribution in [0.3, 0.4) is 0 Å². The van der Waals surface area contributed by atoms with Gasteiger partial charge in [-0.3, -0.25) is 4.57 Å². The van der Waals surface area contributed by atoms with Gasteiger partial charge in [-0.15, -0.1) is 0 Å². The van der Waals surface area contributed by atoms with Crippen molar-refractivity contribution >= 4 is 21.0 Å². The highest BCUT2D eigenvalue weighted by Gasteiger charge is 2.19. The molecule has 0 bridgehead atoms. The van der Waals surface area contributed by atoms with E-state index in [1.165, 1.54) is 12.1 Å². The fourth-order valence-electron chi connectivity index (χ4n) is 2.79. The second-order valence-corrected chi connectivity index (χ2v) is 7.72. The molecule has 3 aromatic rings. The van der Waals surface area contributed by atoms with Crippen LogP contribution in [-0.4, -0.2) is 29.2 Å². The Kier molecular flexibility index (Phi) is 4.13. The second kappa shape index (κ2) is 5.98. The van der Waals surface area contributed by atoms with Crippen molar-refractivity contribution in [2.24, 2.45) is 0 Å². The highest BCUT2D eigenvalue weighted by molar-refractivity contribution is 7.90. The molecule has 0 unspecified atom stereocenters. The molecule has 3 rings (SSSR count). The van der Waals surface area contributed by atoms with Crippen LogP contribution in [-0.2, 0) is 16.3 Å². The van der Waals surface area contributed by atoms with Crippen LogP contribution in [0.2, 0.25) is 0 Å². The fourth-order valence-corrected chi connectivity index (χ4v) is 3.64. The van der Waals surface area contributed by atoms with Gasteiger partial charge in [0, 0.05) is 17.6 Å². The van der Waals surface area contributed by atoms with Crippen LogP contribution in [0.1, 0.15) is 24.7 Å². The van der Waals surface area contributed by atoms with Gasteiger partial charge in [-0.05, 0) is 43.7 Å². The van der Waals surface area contributed by atoms with Gasteiger partial charge in [0.25, 0.3) is 0 Å². The number of halogens is 1. The summed E-state index contributed by atoms with van der Waals surface area (Å²) in [6.45, 7) is 3.69. The predicted molar refractivity (Wildman–Crippen MR) is 90.7 cm³/mol. The van der Waals surface area contributed by atoms with E-state index in [4.69, 9.17) is 0 Å². The topological polar surface area (TPSA) is 64.8 Å². The molecule has 2 heterocycles. The van der Waals surface area contributed by atoms with Crippen molar-refractivity contribution < 1.29 is 12.8 Å². The molecule has 0 aliphatic heterocycles. The van der Waals surface area contributed by atoms with Crippen LogP contribution in [0, 0.1) is 12.7 Å². The standard InChI is InChI=1S/C17H18FN3O2S/c1-4-5-14-10-15-16(19-11(2)17(20-15)24(3,22)23)21(14)13-8-6-12(18)7-9-13/h6-10H,4-5H2,1-3H3. The van der Waals surface area contributed by atoms with Crippen LogP contribution in [0.15, 0.2) is 35.4 Å². The lowest BCUT2D eigenvalue weighted by molar-refractivity contribution is 0.597. The summed E-state index contributed by atoms with van der Waals surface area (Å²) < 4.78 is 38.9. The summed E-state index contributed by atoms with van der Waals surface area (Å²) >= 11 is 0. The molecular weight excluding hydrogens is 329 g/mol. The first kappa shape index (κ1) is 16.6. The average Bonchev–Trinajstić information content (AvgIpc) is 2.84. The van der Waals surface area contributed by atoms with Gasteiger partial charge in [-0.1, -0.05) is 13.3 Å². The molecule has 0 aliphatic rings. The van der Waals surface area contributed by atoms with Crippen molar-refractivity contribution in [3.63, 3.8) is 0 Å². The zero-order chi connectivity index (χ0) is 17.5. The number of hydrogen-bond acceptors (Lipinski definition) is 4. The number of hydrogen-bond donors (Lipinski definition) is 0. The van der Waals surface area contributed by atoms with E-state index in [1.807, 2.05) is 10.6 Å². The smallest absolute Gasteiger partial charge is 0.194 e. The van der Waals surface area contributed by atoms with Crippen LogP contribution < -0.4 is 0 Å². The molecule has 7 heteroatoms. The lowest BCUT2D eigenvalue weighted by Gasteiger charge is -2.10. The van der Waals surface area contributed by atoms with Crippen LogP contribution in [0.5, 0.6) is 0 Å². The third kappa shape index (κ3) is 2.91. The Morgan fingerprint density at radius 2 is 1.83 bits per heavy atom. The Labute approximate surface area is 140 Å². The second-order valence-electron chi connectivity index (χ2n) is 5.79. The number of rotatable bonds is 4. The van der Waals surface area contributed by atoms with Gasteiger partial charge in [0.1, 0.15) is 11.3 Å². The predicted octanol–water partition coefficient (Wildman–Crippen LogP) is 3.22. The van der Waals surface area contributed by atoms with Crippen LogP contribution >= 0.6 is 0 Å². The van der Waals surface area contributed by atoms with Crippen LogP contribution in [0.4, 0.5) is 4.39 Å². The van der Waals surface area contributed by atoms with Crippen LogP contribution in [0.25, 0.3) is 16.9 Å². The molecule has 126 valence electrons. The summed E-state index contributed by atoms with van der Waals surface area (Å²) in [7, 11) is -3.44. The van der Waals surface area contributed by atoms with Gasteiger partial charge < -0.3 is 0 Å². The molecule has 0 atom stereocenters. The van der Waals surface area contributed by atoms with Gasteiger partial charge in [0.2, 0.25) is 0 Å². The Morgan fingerprint density at radius 1 is 1.17 bits per heavy atom. The number of nitrogens with zero attached hydrogens (tertiary/aromatic N) is 3. The Morgan fingerprint density at radius 3 is 2.42 bits per heavy atom. The van der Waals surface area contributed by atoms with Gasteiger partial charge in [0.05, 0.1) is 5.69 Å². The van der Waals surface area contributed by atoms with Crippen molar-refractivity contribution in [1.29, 1.82) is 0 Å². The first-order valence-corrected chi connectivity index (χ1v) is 9.55. The van der Waals surface area contributed by atoms with E-state index in [-0.39, 0.29) is 10.8 Å². The molecule has 24 heavy (non-hydrogen) atoms. The molecule has 2 aromatic heterocycles. The molecule has 0 radical (unpaired) electrons. The summed E-state index contributed by atoms with van der Waals surface area (Å²) in [5, 5.41) is -0.00527. The van der Waals surface area contributed by atoms with E-state index in [1.54, 1.807) is 19.1 Å². The highest BCUT2D eigenvalue weighted by Crippen LogP contribution is 2.25. The Bertz CT molecular complexity index is 1010. The van der Waals surface area contributed by atoms with Gasteiger partial charge >= 0.3 is 0 Å². The summed E-state index contributed by atoms with van der Waals surface area (Å²) in [5.41, 5.74) is 3.19. The van der Waals surface area contributed by atoms with E-state index >= 15 is 0 Å². The first-order valence-electron chi connectivity index (χ1n) is 7.66. The molecule has 0 aliphatic carbocycles. The molecule has 1 aromatic carbocycles. The Hall–Kier alpha value is -2.28. The number of aromatic nitrogens is 3. The highest BCUT2D eigenvalue weighted by atomic mass is 32.2. The average molecular weight is 347 g/mol. The third-order valence-corrected chi connectivity index (χ3v) is 4.87. The molecule has 0 spiro atoms. The lowest BCUT2D eigenvalue weighted by atomic mass is 10.2. The van der Waals surface area contributed by atoms with Crippen molar-refractivity contribution in [1.82, 2.24) is 14.5 Å². The molecule has 0 saturated carbocycles. The Balaban J connectivity index is 2.32. The maximum atomic E-state index is 13.2. The number of fused-ring (bicyclic) bond motifs is 1. The van der Waals surface area contributed by atoms with Gasteiger partial charge in [-0.2, -0.15) is 0 Å². The van der Waals surface area contributed by atoms with Crippen molar-refractivity contribution in [2.75, 3.05) is 6.26 Å². The first-order chi connectivity index (χ1) is 11.3. The molecule has 0 fully saturated rings. The largest absolute Gasteiger partial charge is 0.297 e. The minimum atomic E-state index is -3.44. The van der Waals surface area contributed by atoms with E-state index in [0.717, 1.165) is 30.5 Å². The SMILES string of the molecule is CCCc1cc2nc(S(C)(=O)=O)c(C)nc2n1-c1ccc(F)cc1. The molecule has 0 N–H and O–H groups in total. The van der Waals surface area contributed by atoms with E-state index in [9.17, 15) is 12.8 Å². The molecular formula is C17H18FN3O2S. The van der Waals surface area contributed by atoms with E-state index < -0.39 is 9.84 Å². The quantitative estimate of drug-likeness (QED) is 0.727. The van der Waals surface area contributed by atoms with E-state index in [2.05, 4.69) is 16.9 Å². The fraction of sp³-hybridized carbons (Fsp3) is 0.294. The minimum Gasteiger partial charge on any atom is -0.297 e. The maximum absolute atomic E-state index is 13.2.